The molecule has 0 bridgehead atoms. The molecule has 12 heavy (non-hydrogen) atoms. The molecule has 70 valence electrons. The fraction of sp³-hybridized carbons (Fsp3) is 1.00. The highest BCUT2D eigenvalue weighted by Crippen LogP contribution is 2.49. The van der Waals surface area contributed by atoms with E-state index in [1.165, 1.54) is 25.9 Å². The first-order valence-electron chi connectivity index (χ1n) is 5.38. The van der Waals surface area contributed by atoms with Gasteiger partial charge in [-0.1, -0.05) is 13.8 Å². The van der Waals surface area contributed by atoms with E-state index in [1.54, 1.807) is 0 Å². The van der Waals surface area contributed by atoms with E-state index in [2.05, 4.69) is 25.8 Å². The van der Waals surface area contributed by atoms with Crippen LogP contribution in [0.15, 0.2) is 0 Å². The molecule has 4 atom stereocenters. The zero-order chi connectivity index (χ0) is 8.72. The number of nitrogens with zero attached hydrogens (tertiary/aromatic N) is 1. The quantitative estimate of drug-likeness (QED) is 0.535. The Balaban J connectivity index is 2.01. The van der Waals surface area contributed by atoms with Gasteiger partial charge >= 0.3 is 0 Å². The summed E-state index contributed by atoms with van der Waals surface area (Å²) < 4.78 is 0. The van der Waals surface area contributed by atoms with E-state index in [-0.39, 0.29) is 0 Å². The molecular weight excluding hydrogens is 146 g/mol. The summed E-state index contributed by atoms with van der Waals surface area (Å²) >= 11 is 0. The molecule has 2 rings (SSSR count). The summed E-state index contributed by atoms with van der Waals surface area (Å²) in [4.78, 5) is 2.52. The van der Waals surface area contributed by atoms with Gasteiger partial charge in [0.05, 0.1) is 0 Å². The van der Waals surface area contributed by atoms with E-state index in [0.29, 0.717) is 0 Å². The van der Waals surface area contributed by atoms with Crippen molar-refractivity contribution in [2.45, 2.75) is 26.7 Å². The molecule has 0 radical (unpaired) electrons. The van der Waals surface area contributed by atoms with Gasteiger partial charge in [0.2, 0.25) is 0 Å². The molecule has 1 saturated carbocycles. The van der Waals surface area contributed by atoms with E-state index in [0.717, 1.165) is 23.7 Å². The number of likely N-dealkylation sites (tertiary alicyclic amines) is 1. The molecule has 1 nitrogen and oxygen atoms in total. The van der Waals surface area contributed by atoms with Gasteiger partial charge in [-0.25, -0.2) is 0 Å². The lowest BCUT2D eigenvalue weighted by Gasteiger charge is -2.49. The lowest BCUT2D eigenvalue weighted by Crippen LogP contribution is -2.47. The molecule has 0 aromatic rings. The van der Waals surface area contributed by atoms with Crippen LogP contribution in [0.3, 0.4) is 0 Å². The average molecular weight is 167 g/mol. The minimum Gasteiger partial charge on any atom is -0.306 e. The van der Waals surface area contributed by atoms with Crippen LogP contribution in [0.25, 0.3) is 0 Å². The van der Waals surface area contributed by atoms with Gasteiger partial charge in [0, 0.05) is 6.54 Å². The Hall–Kier alpha value is -0.0400. The zero-order valence-electron chi connectivity index (χ0n) is 8.59. The lowest BCUT2D eigenvalue weighted by molar-refractivity contribution is -0.00693. The fourth-order valence-electron chi connectivity index (χ4n) is 3.24. The molecule has 0 spiro atoms. The Morgan fingerprint density at radius 2 is 1.75 bits per heavy atom. The number of rotatable bonds is 0. The smallest absolute Gasteiger partial charge is 0.00120 e. The third kappa shape index (κ3) is 1.19. The molecule has 2 aliphatic rings. The maximum Gasteiger partial charge on any atom is 0.00120 e. The van der Waals surface area contributed by atoms with Crippen molar-refractivity contribution in [3.63, 3.8) is 0 Å². The maximum atomic E-state index is 2.52. The van der Waals surface area contributed by atoms with Gasteiger partial charge in [-0.3, -0.25) is 0 Å². The number of hydrogen-bond acceptors (Lipinski definition) is 1. The van der Waals surface area contributed by atoms with Gasteiger partial charge in [0.1, 0.15) is 0 Å². The summed E-state index contributed by atoms with van der Waals surface area (Å²) in [5, 5.41) is 0. The summed E-state index contributed by atoms with van der Waals surface area (Å²) in [7, 11) is 2.28. The fourth-order valence-corrected chi connectivity index (χ4v) is 3.24. The Kier molecular flexibility index (Phi) is 2.16. The third-order valence-electron chi connectivity index (χ3n) is 4.33. The van der Waals surface area contributed by atoms with E-state index in [4.69, 9.17) is 0 Å². The van der Waals surface area contributed by atoms with Crippen LogP contribution in [0.1, 0.15) is 26.7 Å². The van der Waals surface area contributed by atoms with Crippen molar-refractivity contribution < 1.29 is 0 Å². The minimum absolute atomic E-state index is 0.982. The highest BCUT2D eigenvalue weighted by Gasteiger charge is 2.45. The van der Waals surface area contributed by atoms with Crippen molar-refractivity contribution in [1.29, 1.82) is 0 Å². The molecule has 2 fully saturated rings. The van der Waals surface area contributed by atoms with Gasteiger partial charge in [0.15, 0.2) is 0 Å². The van der Waals surface area contributed by atoms with Gasteiger partial charge in [0.25, 0.3) is 0 Å². The molecular formula is C11H21N. The molecule has 1 heteroatoms. The second kappa shape index (κ2) is 3.02. The Bertz CT molecular complexity index is 166. The molecule has 1 aliphatic heterocycles. The highest BCUT2D eigenvalue weighted by atomic mass is 15.1. The van der Waals surface area contributed by atoms with Crippen LogP contribution in [0, 0.1) is 23.7 Å². The molecule has 0 aromatic heterocycles. The van der Waals surface area contributed by atoms with Crippen LogP contribution in [0.5, 0.6) is 0 Å². The van der Waals surface area contributed by atoms with Gasteiger partial charge < -0.3 is 4.90 Å². The number of hydrogen-bond donors (Lipinski definition) is 0. The molecule has 1 aliphatic carbocycles. The van der Waals surface area contributed by atoms with Crippen LogP contribution in [0.2, 0.25) is 0 Å². The number of fused-ring (bicyclic) bond motifs is 1. The van der Waals surface area contributed by atoms with E-state index in [1.807, 2.05) is 0 Å². The normalized spacial score (nSPS) is 49.2. The first kappa shape index (κ1) is 8.55. The van der Waals surface area contributed by atoms with Gasteiger partial charge in [-0.2, -0.15) is 0 Å². The van der Waals surface area contributed by atoms with E-state index >= 15 is 0 Å². The minimum atomic E-state index is 0.982. The molecule has 1 heterocycles. The van der Waals surface area contributed by atoms with Crippen LogP contribution in [-0.2, 0) is 0 Å². The molecule has 0 amide bonds. The Labute approximate surface area is 76.1 Å². The standard InChI is InChI=1S/C11H21N/c1-8-9(2)11-7-12(3)6-4-5-10(8)11/h8-11H,4-7H2,1-3H3. The summed E-state index contributed by atoms with van der Waals surface area (Å²) in [6.07, 6.45) is 2.91. The zero-order valence-corrected chi connectivity index (χ0v) is 8.59. The van der Waals surface area contributed by atoms with Crippen molar-refractivity contribution in [2.24, 2.45) is 23.7 Å². The molecule has 0 N–H and O–H groups in total. The van der Waals surface area contributed by atoms with Crippen LogP contribution in [0.4, 0.5) is 0 Å². The molecule has 0 aromatic carbocycles. The van der Waals surface area contributed by atoms with E-state index in [9.17, 15) is 0 Å². The van der Waals surface area contributed by atoms with Gasteiger partial charge in [-0.05, 0) is 50.1 Å². The molecule has 1 saturated heterocycles. The van der Waals surface area contributed by atoms with Crippen molar-refractivity contribution in [3.8, 4) is 0 Å². The largest absolute Gasteiger partial charge is 0.306 e. The second-order valence-corrected chi connectivity index (χ2v) is 4.95. The molecule has 4 unspecified atom stereocenters. The van der Waals surface area contributed by atoms with Crippen molar-refractivity contribution >= 4 is 0 Å². The Morgan fingerprint density at radius 1 is 1.08 bits per heavy atom. The predicted molar refractivity (Wildman–Crippen MR) is 52.0 cm³/mol. The van der Waals surface area contributed by atoms with Crippen molar-refractivity contribution in [3.05, 3.63) is 0 Å². The summed E-state index contributed by atoms with van der Waals surface area (Å²) in [5.41, 5.74) is 0. The lowest BCUT2D eigenvalue weighted by atomic mass is 9.57. The topological polar surface area (TPSA) is 3.24 Å². The predicted octanol–water partition coefficient (Wildman–Crippen LogP) is 2.23. The Morgan fingerprint density at radius 3 is 2.50 bits per heavy atom. The summed E-state index contributed by atoms with van der Waals surface area (Å²) in [6.45, 7) is 7.56. The van der Waals surface area contributed by atoms with Gasteiger partial charge in [-0.15, -0.1) is 0 Å². The summed E-state index contributed by atoms with van der Waals surface area (Å²) in [5.74, 6) is 4.06. The second-order valence-electron chi connectivity index (χ2n) is 4.95. The van der Waals surface area contributed by atoms with Crippen LogP contribution in [-0.4, -0.2) is 25.0 Å². The first-order valence-corrected chi connectivity index (χ1v) is 5.38. The highest BCUT2D eigenvalue weighted by molar-refractivity contribution is 4.94. The maximum absolute atomic E-state index is 2.52. The van der Waals surface area contributed by atoms with Crippen molar-refractivity contribution in [2.75, 3.05) is 20.1 Å². The summed E-state index contributed by atoms with van der Waals surface area (Å²) in [6, 6.07) is 0. The SMILES string of the molecule is CC1C(C)C2CN(C)CCCC12. The van der Waals surface area contributed by atoms with E-state index < -0.39 is 0 Å². The third-order valence-corrected chi connectivity index (χ3v) is 4.33. The monoisotopic (exact) mass is 167 g/mol. The van der Waals surface area contributed by atoms with Crippen molar-refractivity contribution in [1.82, 2.24) is 4.90 Å². The van der Waals surface area contributed by atoms with Crippen LogP contribution >= 0.6 is 0 Å². The average Bonchev–Trinajstić information content (AvgIpc) is 2.24. The first-order chi connectivity index (χ1) is 5.70. The van der Waals surface area contributed by atoms with Crippen LogP contribution < -0.4 is 0 Å².